The zero-order valence-corrected chi connectivity index (χ0v) is 14.8. The van der Waals surface area contributed by atoms with Gasteiger partial charge >= 0.3 is 0 Å². The van der Waals surface area contributed by atoms with Gasteiger partial charge in [0, 0.05) is 17.3 Å². The number of phenolic OH excluding ortho intramolecular Hbond substituents is 1. The molecule has 2 aromatic rings. The molecule has 0 saturated carbocycles. The van der Waals surface area contributed by atoms with Crippen LogP contribution >= 0.6 is 0 Å². The summed E-state index contributed by atoms with van der Waals surface area (Å²) < 4.78 is 23.9. The number of phenols is 1. The van der Waals surface area contributed by atoms with Crippen LogP contribution < -0.4 is 9.64 Å². The highest BCUT2D eigenvalue weighted by Gasteiger charge is 2.26. The normalized spacial score (nSPS) is 16.7. The second-order valence-corrected chi connectivity index (χ2v) is 6.27. The molecule has 1 saturated heterocycles. The van der Waals surface area contributed by atoms with Gasteiger partial charge in [-0.05, 0) is 24.3 Å². The fourth-order valence-electron chi connectivity index (χ4n) is 3.21. The van der Waals surface area contributed by atoms with Crippen molar-refractivity contribution < 1.29 is 23.9 Å². The summed E-state index contributed by atoms with van der Waals surface area (Å²) in [5.41, 5.74) is 1.66. The molecular weight excluding hydrogens is 335 g/mol. The van der Waals surface area contributed by atoms with Crippen LogP contribution in [0.5, 0.6) is 11.5 Å². The first-order chi connectivity index (χ1) is 12.7. The lowest BCUT2D eigenvalue weighted by molar-refractivity contribution is -0.937. The van der Waals surface area contributed by atoms with E-state index in [1.165, 1.54) is 24.1 Å². The monoisotopic (exact) mass is 359 g/mol. The van der Waals surface area contributed by atoms with E-state index in [1.54, 1.807) is 18.3 Å². The van der Waals surface area contributed by atoms with E-state index in [9.17, 15) is 9.50 Å². The van der Waals surface area contributed by atoms with Gasteiger partial charge in [0.15, 0.2) is 11.5 Å². The van der Waals surface area contributed by atoms with Crippen LogP contribution in [0.4, 0.5) is 4.39 Å². The van der Waals surface area contributed by atoms with Crippen LogP contribution in [0.1, 0.15) is 17.2 Å². The highest BCUT2D eigenvalue weighted by Crippen LogP contribution is 2.28. The zero-order valence-electron chi connectivity index (χ0n) is 14.8. The Bertz CT molecular complexity index is 743. The van der Waals surface area contributed by atoms with Crippen LogP contribution in [0.2, 0.25) is 0 Å². The van der Waals surface area contributed by atoms with Crippen LogP contribution in [0.3, 0.4) is 0 Å². The second kappa shape index (κ2) is 8.78. The molecule has 0 amide bonds. The molecule has 138 valence electrons. The quantitative estimate of drug-likeness (QED) is 0.771. The molecule has 5 nitrogen and oxygen atoms in total. The minimum atomic E-state index is -0.241. The summed E-state index contributed by atoms with van der Waals surface area (Å²) in [5.74, 6) is 0.257. The van der Waals surface area contributed by atoms with Crippen molar-refractivity contribution in [1.29, 1.82) is 0 Å². The number of aliphatic imine (C=N–C) groups is 1. The van der Waals surface area contributed by atoms with Crippen LogP contribution in [0, 0.1) is 5.82 Å². The first kappa shape index (κ1) is 18.4. The number of hydrogen-bond donors (Lipinski definition) is 2. The van der Waals surface area contributed by atoms with E-state index in [4.69, 9.17) is 9.47 Å². The molecule has 2 N–H and O–H groups in total. The molecule has 0 spiro atoms. The number of benzene rings is 2. The van der Waals surface area contributed by atoms with Crippen molar-refractivity contribution in [3.05, 3.63) is 59.4 Å². The molecule has 26 heavy (non-hydrogen) atoms. The molecule has 2 aromatic carbocycles. The topological polar surface area (TPSA) is 55.5 Å². The highest BCUT2D eigenvalue weighted by atomic mass is 19.1. The highest BCUT2D eigenvalue weighted by molar-refractivity contribution is 5.84. The van der Waals surface area contributed by atoms with Crippen LogP contribution in [0.15, 0.2) is 47.5 Å². The number of hydrogen-bond acceptors (Lipinski definition) is 4. The molecule has 1 aliphatic rings. The molecule has 0 unspecified atom stereocenters. The molecular formula is C20H24FN2O3+. The summed E-state index contributed by atoms with van der Waals surface area (Å²) in [6.45, 7) is 3.75. The number of para-hydroxylation sites is 1. The lowest BCUT2D eigenvalue weighted by atomic mass is 10.0. The lowest BCUT2D eigenvalue weighted by Gasteiger charge is -2.31. The van der Waals surface area contributed by atoms with E-state index in [0.29, 0.717) is 31.1 Å². The predicted molar refractivity (Wildman–Crippen MR) is 97.8 cm³/mol. The predicted octanol–water partition coefficient (Wildman–Crippen LogP) is 1.62. The van der Waals surface area contributed by atoms with Crippen molar-refractivity contribution in [1.82, 2.24) is 0 Å². The first-order valence-electron chi connectivity index (χ1n) is 8.72. The number of methoxy groups -OCH3 is 1. The molecule has 0 aromatic heterocycles. The lowest BCUT2D eigenvalue weighted by Crippen LogP contribution is -3.14. The molecule has 6 heteroatoms. The van der Waals surface area contributed by atoms with Crippen LogP contribution in [-0.4, -0.2) is 51.3 Å². The molecule has 1 aliphatic heterocycles. The fourth-order valence-corrected chi connectivity index (χ4v) is 3.21. The number of ether oxygens (including phenoxy) is 2. The Morgan fingerprint density at radius 2 is 1.96 bits per heavy atom. The number of nitrogens with zero attached hydrogens (tertiary/aromatic N) is 1. The largest absolute Gasteiger partial charge is 0.504 e. The maximum atomic E-state index is 13.3. The molecule has 0 bridgehead atoms. The third-order valence-electron chi connectivity index (χ3n) is 4.67. The van der Waals surface area contributed by atoms with Crippen molar-refractivity contribution in [2.24, 2.45) is 4.99 Å². The zero-order chi connectivity index (χ0) is 18.4. The van der Waals surface area contributed by atoms with Gasteiger partial charge in [0.2, 0.25) is 0 Å². The molecule has 1 atom stereocenters. The first-order valence-corrected chi connectivity index (χ1v) is 8.72. The standard InChI is InChI=1S/C20H23FN2O3/c1-25-19-4-2-3-16(20(19)24)13-22-14-18(23-9-11-26-12-10-23)15-5-7-17(21)8-6-15/h2-8,13,18,24H,9-12,14H2,1H3/p+1/t18-/m0/s1. The summed E-state index contributed by atoms with van der Waals surface area (Å²) >= 11 is 0. The smallest absolute Gasteiger partial charge is 0.166 e. The van der Waals surface area contributed by atoms with Gasteiger partial charge in [0.05, 0.1) is 26.9 Å². The van der Waals surface area contributed by atoms with Gasteiger partial charge in [0.1, 0.15) is 24.9 Å². The van der Waals surface area contributed by atoms with Crippen molar-refractivity contribution in [2.75, 3.05) is 40.0 Å². The van der Waals surface area contributed by atoms with E-state index in [1.807, 2.05) is 18.2 Å². The number of aromatic hydroxyl groups is 1. The van der Waals surface area contributed by atoms with Gasteiger partial charge in [-0.1, -0.05) is 18.2 Å². The Hall–Kier alpha value is -2.44. The average molecular weight is 359 g/mol. The summed E-state index contributed by atoms with van der Waals surface area (Å²) in [4.78, 5) is 5.93. The van der Waals surface area contributed by atoms with E-state index >= 15 is 0 Å². The third-order valence-corrected chi connectivity index (χ3v) is 4.67. The summed E-state index contributed by atoms with van der Waals surface area (Å²) in [7, 11) is 1.52. The molecule has 1 fully saturated rings. The Kier molecular flexibility index (Phi) is 6.20. The Morgan fingerprint density at radius 3 is 2.65 bits per heavy atom. The van der Waals surface area contributed by atoms with Gasteiger partial charge < -0.3 is 19.5 Å². The summed E-state index contributed by atoms with van der Waals surface area (Å²) in [6, 6.07) is 12.0. The van der Waals surface area contributed by atoms with Gasteiger partial charge in [-0.15, -0.1) is 0 Å². The molecule has 0 radical (unpaired) electrons. The Balaban J connectivity index is 1.78. The second-order valence-electron chi connectivity index (χ2n) is 6.27. The van der Waals surface area contributed by atoms with Crippen molar-refractivity contribution in [3.63, 3.8) is 0 Å². The van der Waals surface area contributed by atoms with Crippen LogP contribution in [0.25, 0.3) is 0 Å². The number of morpholine rings is 1. The van der Waals surface area contributed by atoms with E-state index in [-0.39, 0.29) is 17.6 Å². The van der Waals surface area contributed by atoms with Crippen molar-refractivity contribution in [2.45, 2.75) is 6.04 Å². The van der Waals surface area contributed by atoms with Crippen LogP contribution in [-0.2, 0) is 4.74 Å². The molecule has 3 rings (SSSR count). The molecule has 1 heterocycles. The Morgan fingerprint density at radius 1 is 1.23 bits per heavy atom. The number of halogens is 1. The number of nitrogens with one attached hydrogen (secondary N) is 1. The van der Waals surface area contributed by atoms with Gasteiger partial charge in [-0.2, -0.15) is 0 Å². The third kappa shape index (κ3) is 4.39. The summed E-state index contributed by atoms with van der Waals surface area (Å²) in [5, 5.41) is 10.2. The van der Waals surface area contributed by atoms with E-state index in [2.05, 4.69) is 4.99 Å². The fraction of sp³-hybridized carbons (Fsp3) is 0.350. The number of quaternary nitrogens is 1. The molecule has 0 aliphatic carbocycles. The average Bonchev–Trinajstić information content (AvgIpc) is 2.68. The van der Waals surface area contributed by atoms with Gasteiger partial charge in [-0.3, -0.25) is 4.99 Å². The van der Waals surface area contributed by atoms with Gasteiger partial charge in [-0.25, -0.2) is 4.39 Å². The maximum Gasteiger partial charge on any atom is 0.166 e. The minimum absolute atomic E-state index is 0.0794. The summed E-state index contributed by atoms with van der Waals surface area (Å²) in [6.07, 6.45) is 1.66. The SMILES string of the molecule is COc1cccc(C=NC[C@@H](c2ccc(F)cc2)[NH+]2CCOCC2)c1O. The number of rotatable bonds is 6. The minimum Gasteiger partial charge on any atom is -0.504 e. The van der Waals surface area contributed by atoms with E-state index in [0.717, 1.165) is 18.7 Å². The van der Waals surface area contributed by atoms with Crippen molar-refractivity contribution >= 4 is 6.21 Å². The van der Waals surface area contributed by atoms with E-state index < -0.39 is 0 Å². The van der Waals surface area contributed by atoms with Crippen molar-refractivity contribution in [3.8, 4) is 11.5 Å². The Labute approximate surface area is 152 Å². The maximum absolute atomic E-state index is 13.3. The van der Waals surface area contributed by atoms with Gasteiger partial charge in [0.25, 0.3) is 0 Å².